The van der Waals surface area contributed by atoms with Crippen molar-refractivity contribution in [3.05, 3.63) is 106 Å². The van der Waals surface area contributed by atoms with Crippen LogP contribution in [0.3, 0.4) is 0 Å². The minimum absolute atomic E-state index is 0.0173. The molecule has 0 aromatic heterocycles. The van der Waals surface area contributed by atoms with Gasteiger partial charge in [0.2, 0.25) is 11.8 Å². The number of thioether (sulfide) groups is 1. The Labute approximate surface area is 224 Å². The number of rotatable bonds is 12. The van der Waals surface area contributed by atoms with Crippen molar-refractivity contribution in [3.8, 4) is 0 Å². The van der Waals surface area contributed by atoms with E-state index in [1.807, 2.05) is 74.5 Å². The van der Waals surface area contributed by atoms with Gasteiger partial charge >= 0.3 is 0 Å². The summed E-state index contributed by atoms with van der Waals surface area (Å²) in [5.41, 5.74) is 4.21. The highest BCUT2D eigenvalue weighted by Gasteiger charge is 2.31. The molecule has 0 fully saturated rings. The van der Waals surface area contributed by atoms with Gasteiger partial charge in [-0.25, -0.2) is 0 Å². The van der Waals surface area contributed by atoms with Crippen molar-refractivity contribution in [2.24, 2.45) is 0 Å². The van der Waals surface area contributed by atoms with Gasteiger partial charge in [-0.3, -0.25) is 9.59 Å². The highest BCUT2D eigenvalue weighted by atomic mass is 35.5. The Morgan fingerprint density at radius 3 is 2.36 bits per heavy atom. The van der Waals surface area contributed by atoms with Crippen LogP contribution in [0.5, 0.6) is 0 Å². The minimum Gasteiger partial charge on any atom is -0.352 e. The first kappa shape index (κ1) is 27.8. The van der Waals surface area contributed by atoms with Crippen molar-refractivity contribution in [3.63, 3.8) is 0 Å². The van der Waals surface area contributed by atoms with Gasteiger partial charge in [0, 0.05) is 29.8 Å². The van der Waals surface area contributed by atoms with Gasteiger partial charge in [-0.15, -0.1) is 11.8 Å². The molecule has 3 aromatic rings. The molecule has 36 heavy (non-hydrogen) atoms. The number of halogens is 1. The van der Waals surface area contributed by atoms with Crippen LogP contribution < -0.4 is 5.32 Å². The van der Waals surface area contributed by atoms with E-state index < -0.39 is 6.04 Å². The molecule has 0 aliphatic rings. The number of aryl methyl sites for hydroxylation is 1. The molecule has 4 nitrogen and oxygen atoms in total. The minimum atomic E-state index is -0.648. The SMILES string of the molecule is CC[C@@H](C)NC(=O)[C@H](Cc1ccccc1)N(Cc1ccccc1Cl)C(=O)CSCc1cccc(C)c1. The third-order valence-corrected chi connectivity index (χ3v) is 7.50. The Morgan fingerprint density at radius 1 is 0.972 bits per heavy atom. The number of hydrogen-bond acceptors (Lipinski definition) is 3. The summed E-state index contributed by atoms with van der Waals surface area (Å²) in [6.07, 6.45) is 1.25. The molecular weight excluding hydrogens is 488 g/mol. The smallest absolute Gasteiger partial charge is 0.243 e. The summed E-state index contributed by atoms with van der Waals surface area (Å²) in [5, 5.41) is 3.69. The van der Waals surface area contributed by atoms with Crippen LogP contribution in [0.25, 0.3) is 0 Å². The zero-order valence-corrected chi connectivity index (χ0v) is 22.8. The maximum Gasteiger partial charge on any atom is 0.243 e. The highest BCUT2D eigenvalue weighted by molar-refractivity contribution is 7.99. The van der Waals surface area contributed by atoms with E-state index in [0.717, 1.165) is 23.3 Å². The monoisotopic (exact) mass is 522 g/mol. The lowest BCUT2D eigenvalue weighted by Gasteiger charge is -2.32. The van der Waals surface area contributed by atoms with E-state index in [4.69, 9.17) is 11.6 Å². The van der Waals surface area contributed by atoms with E-state index in [9.17, 15) is 9.59 Å². The van der Waals surface area contributed by atoms with E-state index in [1.165, 1.54) is 11.1 Å². The molecule has 2 amide bonds. The van der Waals surface area contributed by atoms with Crippen molar-refractivity contribution >= 4 is 35.2 Å². The molecule has 190 valence electrons. The zero-order valence-electron chi connectivity index (χ0n) is 21.2. The number of carbonyl (C=O) groups is 2. The van der Waals surface area contributed by atoms with E-state index in [2.05, 4.69) is 30.4 Å². The summed E-state index contributed by atoms with van der Waals surface area (Å²) in [7, 11) is 0. The van der Waals surface area contributed by atoms with Crippen LogP contribution in [0.15, 0.2) is 78.9 Å². The molecule has 0 aliphatic carbocycles. The third-order valence-electron chi connectivity index (χ3n) is 6.15. The molecule has 0 radical (unpaired) electrons. The standard InChI is InChI=1S/C30H35ClN2O2S/c1-4-23(3)32-30(35)28(18-24-12-6-5-7-13-24)33(19-26-15-8-9-16-27(26)31)29(34)21-36-20-25-14-10-11-22(2)17-25/h5-17,23,28H,4,18-21H2,1-3H3,(H,32,35)/t23-,28+/m1/s1. The van der Waals surface area contributed by atoms with E-state index in [1.54, 1.807) is 16.7 Å². The molecule has 6 heteroatoms. The maximum atomic E-state index is 13.7. The van der Waals surface area contributed by atoms with Gasteiger partial charge in [0.1, 0.15) is 6.04 Å². The average molecular weight is 523 g/mol. The summed E-state index contributed by atoms with van der Waals surface area (Å²) < 4.78 is 0. The molecule has 2 atom stereocenters. The number of carbonyl (C=O) groups excluding carboxylic acids is 2. The van der Waals surface area contributed by atoms with Crippen LogP contribution in [0.4, 0.5) is 0 Å². The van der Waals surface area contributed by atoms with Gasteiger partial charge in [0.25, 0.3) is 0 Å². The van der Waals surface area contributed by atoms with Gasteiger partial charge in [-0.2, -0.15) is 0 Å². The van der Waals surface area contributed by atoms with Gasteiger partial charge in [0.15, 0.2) is 0 Å². The molecular formula is C30H35ClN2O2S. The first-order valence-electron chi connectivity index (χ1n) is 12.4. The van der Waals surface area contributed by atoms with Gasteiger partial charge in [-0.1, -0.05) is 96.9 Å². The zero-order chi connectivity index (χ0) is 25.9. The predicted molar refractivity (Wildman–Crippen MR) is 151 cm³/mol. The quantitative estimate of drug-likeness (QED) is 0.298. The number of benzene rings is 3. The number of amides is 2. The summed E-state index contributed by atoms with van der Waals surface area (Å²) >= 11 is 8.04. The molecule has 0 spiro atoms. The molecule has 0 aliphatic heterocycles. The maximum absolute atomic E-state index is 13.7. The van der Waals surface area contributed by atoms with E-state index in [0.29, 0.717) is 11.4 Å². The molecule has 0 bridgehead atoms. The van der Waals surface area contributed by atoms with Crippen molar-refractivity contribution in [1.29, 1.82) is 0 Å². The van der Waals surface area contributed by atoms with Crippen LogP contribution in [-0.4, -0.2) is 34.6 Å². The molecule has 1 N–H and O–H groups in total. The Bertz CT molecular complexity index is 1140. The Hall–Kier alpha value is -2.76. The van der Waals surface area contributed by atoms with Crippen LogP contribution in [0, 0.1) is 6.92 Å². The van der Waals surface area contributed by atoms with Crippen molar-refractivity contribution < 1.29 is 9.59 Å². The van der Waals surface area contributed by atoms with Crippen molar-refractivity contribution in [2.45, 2.75) is 58.0 Å². The van der Waals surface area contributed by atoms with Crippen molar-refractivity contribution in [2.75, 3.05) is 5.75 Å². The van der Waals surface area contributed by atoms with Crippen LogP contribution in [0.1, 0.15) is 42.5 Å². The number of nitrogens with zero attached hydrogens (tertiary/aromatic N) is 1. The molecule has 3 rings (SSSR count). The van der Waals surface area contributed by atoms with Crippen molar-refractivity contribution in [1.82, 2.24) is 10.2 Å². The largest absolute Gasteiger partial charge is 0.352 e. The van der Waals surface area contributed by atoms with Crippen LogP contribution in [-0.2, 0) is 28.3 Å². The molecule has 0 unspecified atom stereocenters. The molecule has 0 heterocycles. The second kappa shape index (κ2) is 14.1. The first-order valence-corrected chi connectivity index (χ1v) is 13.9. The van der Waals surface area contributed by atoms with Crippen LogP contribution in [0.2, 0.25) is 5.02 Å². The fourth-order valence-electron chi connectivity index (χ4n) is 3.95. The Kier molecular flexibility index (Phi) is 10.9. The average Bonchev–Trinajstić information content (AvgIpc) is 2.87. The summed E-state index contributed by atoms with van der Waals surface area (Å²) in [5.74, 6) is 0.792. The highest BCUT2D eigenvalue weighted by Crippen LogP contribution is 2.22. The third kappa shape index (κ3) is 8.42. The second-order valence-corrected chi connectivity index (χ2v) is 10.5. The summed E-state index contributed by atoms with van der Waals surface area (Å²) in [4.78, 5) is 28.9. The molecule has 3 aromatic carbocycles. The predicted octanol–water partition coefficient (Wildman–Crippen LogP) is 6.44. The van der Waals surface area contributed by atoms with Gasteiger partial charge in [-0.05, 0) is 43.0 Å². The van der Waals surface area contributed by atoms with E-state index >= 15 is 0 Å². The first-order chi connectivity index (χ1) is 17.4. The lowest BCUT2D eigenvalue weighted by Crippen LogP contribution is -2.52. The topological polar surface area (TPSA) is 49.4 Å². The number of hydrogen-bond donors (Lipinski definition) is 1. The normalized spacial score (nSPS) is 12.6. The Balaban J connectivity index is 1.86. The van der Waals surface area contributed by atoms with E-state index in [-0.39, 0.29) is 30.2 Å². The summed E-state index contributed by atoms with van der Waals surface area (Å²) in [6.45, 7) is 6.35. The Morgan fingerprint density at radius 2 is 1.67 bits per heavy atom. The summed E-state index contributed by atoms with van der Waals surface area (Å²) in [6, 6.07) is 25.0. The fraction of sp³-hybridized carbons (Fsp3) is 0.333. The van der Waals surface area contributed by atoms with Crippen LogP contribution >= 0.6 is 23.4 Å². The molecule has 0 saturated carbocycles. The second-order valence-electron chi connectivity index (χ2n) is 9.12. The lowest BCUT2D eigenvalue weighted by atomic mass is 10.0. The lowest BCUT2D eigenvalue weighted by molar-refractivity contribution is -0.139. The molecule has 0 saturated heterocycles. The van der Waals surface area contributed by atoms with Gasteiger partial charge in [0.05, 0.1) is 5.75 Å². The van der Waals surface area contributed by atoms with Gasteiger partial charge < -0.3 is 10.2 Å². The number of nitrogens with one attached hydrogen (secondary N) is 1. The fourth-order valence-corrected chi connectivity index (χ4v) is 5.00.